The van der Waals surface area contributed by atoms with Crippen LogP contribution in [0.2, 0.25) is 0 Å². The molecule has 0 saturated carbocycles. The van der Waals surface area contributed by atoms with Gasteiger partial charge in [-0.3, -0.25) is 0 Å². The van der Waals surface area contributed by atoms with Crippen molar-refractivity contribution in [2.45, 2.75) is 31.9 Å². The second-order valence-electron chi connectivity index (χ2n) is 4.45. The predicted octanol–water partition coefficient (Wildman–Crippen LogP) is 3.10. The van der Waals surface area contributed by atoms with Gasteiger partial charge in [0.1, 0.15) is 5.58 Å². The molecule has 1 aromatic carbocycles. The first-order chi connectivity index (χ1) is 9.11. The molecule has 2 N–H and O–H groups in total. The average Bonchev–Trinajstić information content (AvgIpc) is 2.84. The first-order valence-electron chi connectivity index (χ1n) is 6.28. The highest BCUT2D eigenvalue weighted by Gasteiger charge is 2.24. The molecule has 0 spiro atoms. The first-order valence-corrected chi connectivity index (χ1v) is 6.28. The smallest absolute Gasteiger partial charge is 0.240 e. The predicted molar refractivity (Wildman–Crippen MR) is 69.3 cm³/mol. The second kappa shape index (κ2) is 6.12. The molecule has 0 saturated heterocycles. The summed E-state index contributed by atoms with van der Waals surface area (Å²) >= 11 is 0. The highest BCUT2D eigenvalue weighted by atomic mass is 19.3. The highest BCUT2D eigenvalue weighted by molar-refractivity contribution is 5.77. The molecule has 2 atom stereocenters. The molecule has 2 rings (SSSR count). The summed E-state index contributed by atoms with van der Waals surface area (Å²) in [6.45, 7) is 2.35. The number of aliphatic hydroxyl groups excluding tert-OH is 1. The monoisotopic (exact) mass is 269 g/mol. The lowest BCUT2D eigenvalue weighted by molar-refractivity contribution is 0.0664. The number of fused-ring (bicyclic) bond motifs is 1. The number of aliphatic hydroxyl groups is 1. The number of rotatable bonds is 6. The van der Waals surface area contributed by atoms with Gasteiger partial charge in [0, 0.05) is 17.8 Å². The van der Waals surface area contributed by atoms with Gasteiger partial charge >= 0.3 is 0 Å². The standard InChI is InChI=1S/C14H17F2NO2/c1-2-17-11(8-13(15)16)14(18)10-4-3-9-5-6-19-12(9)7-10/h3-7,11,13-14,17-18H,2,8H2,1H3. The van der Waals surface area contributed by atoms with Gasteiger partial charge in [-0.25, -0.2) is 8.78 Å². The van der Waals surface area contributed by atoms with E-state index in [2.05, 4.69) is 5.32 Å². The summed E-state index contributed by atoms with van der Waals surface area (Å²) in [5.41, 5.74) is 1.22. The summed E-state index contributed by atoms with van der Waals surface area (Å²) in [5, 5.41) is 14.0. The lowest BCUT2D eigenvalue weighted by Gasteiger charge is -2.23. The maximum absolute atomic E-state index is 12.5. The van der Waals surface area contributed by atoms with Gasteiger partial charge in [0.05, 0.1) is 12.4 Å². The van der Waals surface area contributed by atoms with Crippen molar-refractivity contribution in [2.24, 2.45) is 0 Å². The fraction of sp³-hybridized carbons (Fsp3) is 0.429. The van der Waals surface area contributed by atoms with Gasteiger partial charge in [0.2, 0.25) is 6.43 Å². The summed E-state index contributed by atoms with van der Waals surface area (Å²) in [7, 11) is 0. The van der Waals surface area contributed by atoms with Gasteiger partial charge in [-0.05, 0) is 24.2 Å². The zero-order valence-electron chi connectivity index (χ0n) is 10.6. The molecule has 0 bridgehead atoms. The maximum atomic E-state index is 12.5. The van der Waals surface area contributed by atoms with Gasteiger partial charge in [-0.2, -0.15) is 0 Å². The Morgan fingerprint density at radius 3 is 2.79 bits per heavy atom. The van der Waals surface area contributed by atoms with E-state index in [1.54, 1.807) is 18.4 Å². The summed E-state index contributed by atoms with van der Waals surface area (Å²) in [6, 6.07) is 6.38. The van der Waals surface area contributed by atoms with Gasteiger partial charge in [0.15, 0.2) is 0 Å². The Kier molecular flexibility index (Phi) is 4.50. The minimum atomic E-state index is -2.45. The van der Waals surface area contributed by atoms with Crippen molar-refractivity contribution in [3.8, 4) is 0 Å². The number of alkyl halides is 2. The number of hydrogen-bond donors (Lipinski definition) is 2. The highest BCUT2D eigenvalue weighted by Crippen LogP contribution is 2.25. The quantitative estimate of drug-likeness (QED) is 0.847. The molecule has 0 fully saturated rings. The molecular weight excluding hydrogens is 252 g/mol. The van der Waals surface area contributed by atoms with Crippen LogP contribution in [-0.2, 0) is 0 Å². The van der Waals surface area contributed by atoms with Crippen molar-refractivity contribution >= 4 is 11.0 Å². The van der Waals surface area contributed by atoms with E-state index in [0.717, 1.165) is 5.39 Å². The molecule has 2 aromatic rings. The lowest BCUT2D eigenvalue weighted by atomic mass is 9.99. The Morgan fingerprint density at radius 2 is 2.11 bits per heavy atom. The van der Waals surface area contributed by atoms with Crippen LogP contribution in [-0.4, -0.2) is 24.1 Å². The molecule has 19 heavy (non-hydrogen) atoms. The van der Waals surface area contributed by atoms with Crippen molar-refractivity contribution in [1.29, 1.82) is 0 Å². The third kappa shape index (κ3) is 3.30. The molecule has 0 radical (unpaired) electrons. The number of hydrogen-bond acceptors (Lipinski definition) is 3. The average molecular weight is 269 g/mol. The van der Waals surface area contributed by atoms with Gasteiger partial charge < -0.3 is 14.8 Å². The van der Waals surface area contributed by atoms with E-state index in [1.165, 1.54) is 0 Å². The Morgan fingerprint density at radius 1 is 1.32 bits per heavy atom. The van der Waals surface area contributed by atoms with E-state index in [0.29, 0.717) is 17.7 Å². The minimum Gasteiger partial charge on any atom is -0.464 e. The molecule has 1 aromatic heterocycles. The van der Waals surface area contributed by atoms with Crippen LogP contribution in [0, 0.1) is 0 Å². The number of benzene rings is 1. The maximum Gasteiger partial charge on any atom is 0.240 e. The molecule has 0 aliphatic rings. The van der Waals surface area contributed by atoms with E-state index in [4.69, 9.17) is 4.42 Å². The molecule has 5 heteroatoms. The van der Waals surface area contributed by atoms with E-state index in [-0.39, 0.29) is 6.42 Å². The Hall–Kier alpha value is -1.46. The van der Waals surface area contributed by atoms with Crippen LogP contribution in [0.25, 0.3) is 11.0 Å². The summed E-state index contributed by atoms with van der Waals surface area (Å²) in [4.78, 5) is 0. The van der Waals surface area contributed by atoms with Crippen LogP contribution >= 0.6 is 0 Å². The second-order valence-corrected chi connectivity index (χ2v) is 4.45. The zero-order chi connectivity index (χ0) is 13.8. The fourth-order valence-corrected chi connectivity index (χ4v) is 2.17. The largest absolute Gasteiger partial charge is 0.464 e. The van der Waals surface area contributed by atoms with Crippen LogP contribution in [0.15, 0.2) is 34.9 Å². The van der Waals surface area contributed by atoms with Crippen molar-refractivity contribution < 1.29 is 18.3 Å². The van der Waals surface area contributed by atoms with E-state index in [9.17, 15) is 13.9 Å². The molecule has 0 amide bonds. The summed E-state index contributed by atoms with van der Waals surface area (Å²) in [5.74, 6) is 0. The van der Waals surface area contributed by atoms with Crippen molar-refractivity contribution in [2.75, 3.05) is 6.54 Å². The SMILES string of the molecule is CCNC(CC(F)F)C(O)c1ccc2ccoc2c1. The van der Waals surface area contributed by atoms with Gasteiger partial charge in [-0.15, -0.1) is 0 Å². The fourth-order valence-electron chi connectivity index (χ4n) is 2.17. The van der Waals surface area contributed by atoms with Crippen LogP contribution in [0.4, 0.5) is 8.78 Å². The summed E-state index contributed by atoms with van der Waals surface area (Å²) < 4.78 is 30.3. The normalized spacial score (nSPS) is 15.0. The summed E-state index contributed by atoms with van der Waals surface area (Å²) in [6.07, 6.45) is -2.26. The first kappa shape index (κ1) is 14.0. The topological polar surface area (TPSA) is 45.4 Å². The Labute approximate surface area is 110 Å². The third-order valence-corrected chi connectivity index (χ3v) is 3.10. The Bertz CT molecular complexity index is 527. The third-order valence-electron chi connectivity index (χ3n) is 3.10. The number of nitrogens with one attached hydrogen (secondary N) is 1. The van der Waals surface area contributed by atoms with Gasteiger partial charge in [-0.1, -0.05) is 19.1 Å². The molecule has 2 unspecified atom stereocenters. The molecule has 1 heterocycles. The van der Waals surface area contributed by atoms with Crippen LogP contribution in [0.1, 0.15) is 25.0 Å². The molecule has 0 aliphatic carbocycles. The van der Waals surface area contributed by atoms with E-state index >= 15 is 0 Å². The van der Waals surface area contributed by atoms with Crippen molar-refractivity contribution in [1.82, 2.24) is 5.32 Å². The van der Waals surface area contributed by atoms with Crippen LogP contribution in [0.5, 0.6) is 0 Å². The van der Waals surface area contributed by atoms with Gasteiger partial charge in [0.25, 0.3) is 0 Å². The zero-order valence-corrected chi connectivity index (χ0v) is 10.6. The number of furan rings is 1. The lowest BCUT2D eigenvalue weighted by Crippen LogP contribution is -2.36. The molecule has 0 aliphatic heterocycles. The Balaban J connectivity index is 2.21. The van der Waals surface area contributed by atoms with E-state index < -0.39 is 18.6 Å². The van der Waals surface area contributed by atoms with Crippen LogP contribution < -0.4 is 5.32 Å². The molecular formula is C14H17F2NO2. The van der Waals surface area contributed by atoms with Crippen LogP contribution in [0.3, 0.4) is 0 Å². The van der Waals surface area contributed by atoms with Crippen molar-refractivity contribution in [3.05, 3.63) is 36.1 Å². The van der Waals surface area contributed by atoms with Crippen molar-refractivity contribution in [3.63, 3.8) is 0 Å². The minimum absolute atomic E-state index is 0.384. The number of likely N-dealkylation sites (N-methyl/N-ethyl adjacent to an activating group) is 1. The van der Waals surface area contributed by atoms with E-state index in [1.807, 2.05) is 19.1 Å². The number of halogens is 2. The molecule has 104 valence electrons. The molecule has 3 nitrogen and oxygen atoms in total.